The van der Waals surface area contributed by atoms with E-state index in [1.165, 1.54) is 37.5 Å². The number of thiophene rings is 1. The van der Waals surface area contributed by atoms with Gasteiger partial charge in [-0.25, -0.2) is 4.79 Å². The van der Waals surface area contributed by atoms with Gasteiger partial charge in [0.15, 0.2) is 5.06 Å². The van der Waals surface area contributed by atoms with Crippen LogP contribution in [0.5, 0.6) is 5.06 Å². The molecule has 0 saturated carbocycles. The molecule has 4 aromatic rings. The topological polar surface area (TPSA) is 35.5 Å². The van der Waals surface area contributed by atoms with Crippen LogP contribution in [0.25, 0.3) is 32.3 Å². The van der Waals surface area contributed by atoms with Crippen molar-refractivity contribution in [2.75, 3.05) is 6.61 Å². The SMILES string of the molecule is CCOC(=O)Oc1cc2c(s1)-c1ccc3ccccc3c1Sc1ccccc1-2. The van der Waals surface area contributed by atoms with Crippen molar-refractivity contribution in [2.24, 2.45) is 0 Å². The lowest BCUT2D eigenvalue weighted by atomic mass is 10.0. The molecule has 1 aliphatic heterocycles. The summed E-state index contributed by atoms with van der Waals surface area (Å²) in [6, 6.07) is 23.1. The van der Waals surface area contributed by atoms with E-state index in [4.69, 9.17) is 9.47 Å². The summed E-state index contributed by atoms with van der Waals surface area (Å²) in [7, 11) is 0. The second-order valence-corrected chi connectivity index (χ2v) is 8.42. The first kappa shape index (κ1) is 17.3. The molecule has 138 valence electrons. The highest BCUT2D eigenvalue weighted by molar-refractivity contribution is 8.00. The number of ether oxygens (including phenoxy) is 2. The molecular formula is C23H16O3S2. The molecule has 0 atom stereocenters. The number of hydrogen-bond donors (Lipinski definition) is 0. The van der Waals surface area contributed by atoms with Crippen molar-refractivity contribution in [3.8, 4) is 26.6 Å². The first-order chi connectivity index (χ1) is 13.7. The molecule has 5 rings (SSSR count). The molecule has 0 fully saturated rings. The number of fused-ring (bicyclic) bond motifs is 7. The summed E-state index contributed by atoms with van der Waals surface area (Å²) < 4.78 is 10.4. The molecule has 0 spiro atoms. The van der Waals surface area contributed by atoms with Crippen LogP contribution in [0.2, 0.25) is 0 Å². The van der Waals surface area contributed by atoms with Crippen LogP contribution in [0.15, 0.2) is 76.5 Å². The van der Waals surface area contributed by atoms with E-state index in [0.717, 1.165) is 16.0 Å². The molecule has 0 radical (unpaired) electrons. The van der Waals surface area contributed by atoms with Crippen molar-refractivity contribution in [3.05, 3.63) is 66.7 Å². The average molecular weight is 405 g/mol. The van der Waals surface area contributed by atoms with Crippen LogP contribution >= 0.6 is 23.1 Å². The summed E-state index contributed by atoms with van der Waals surface area (Å²) in [5, 5.41) is 2.99. The highest BCUT2D eigenvalue weighted by Crippen LogP contribution is 2.54. The van der Waals surface area contributed by atoms with Gasteiger partial charge in [-0.3, -0.25) is 0 Å². The Balaban J connectivity index is 1.75. The maximum Gasteiger partial charge on any atom is 0.514 e. The van der Waals surface area contributed by atoms with Gasteiger partial charge in [-0.2, -0.15) is 0 Å². The van der Waals surface area contributed by atoms with Gasteiger partial charge in [0.25, 0.3) is 0 Å². The van der Waals surface area contributed by atoms with Gasteiger partial charge in [0.05, 0.1) is 6.61 Å². The molecule has 3 aromatic carbocycles. The van der Waals surface area contributed by atoms with Crippen LogP contribution in [0, 0.1) is 0 Å². The second-order valence-electron chi connectivity index (χ2n) is 6.35. The lowest BCUT2D eigenvalue weighted by Crippen LogP contribution is -2.08. The van der Waals surface area contributed by atoms with Crippen molar-refractivity contribution in [2.45, 2.75) is 16.7 Å². The van der Waals surface area contributed by atoms with E-state index in [2.05, 4.69) is 54.6 Å². The molecule has 0 bridgehead atoms. The fourth-order valence-electron chi connectivity index (χ4n) is 3.47. The Morgan fingerprint density at radius 2 is 1.75 bits per heavy atom. The minimum atomic E-state index is -0.666. The third kappa shape index (κ3) is 2.87. The number of rotatable bonds is 2. The standard InChI is InChI=1S/C23H16O3S2/c1-2-25-23(24)26-20-13-18-16-9-5-6-10-19(16)27-21-15-8-4-3-7-14(15)11-12-17(21)22(18)28-20/h3-13H,2H2,1H3. The fraction of sp³-hybridized carbons (Fsp3) is 0.0870. The van der Waals surface area contributed by atoms with Gasteiger partial charge >= 0.3 is 6.16 Å². The van der Waals surface area contributed by atoms with Crippen molar-refractivity contribution >= 4 is 40.0 Å². The van der Waals surface area contributed by atoms with Gasteiger partial charge in [-0.1, -0.05) is 77.7 Å². The third-order valence-corrected chi connectivity index (χ3v) is 6.94. The zero-order valence-corrected chi connectivity index (χ0v) is 16.7. The van der Waals surface area contributed by atoms with Crippen LogP contribution in [-0.4, -0.2) is 12.8 Å². The van der Waals surface area contributed by atoms with E-state index < -0.39 is 6.16 Å². The van der Waals surface area contributed by atoms with Gasteiger partial charge in [0.1, 0.15) is 0 Å². The molecule has 0 saturated heterocycles. The highest BCUT2D eigenvalue weighted by Gasteiger charge is 2.25. The van der Waals surface area contributed by atoms with Crippen LogP contribution < -0.4 is 4.74 Å². The Bertz CT molecular complexity index is 1210. The molecule has 0 aliphatic carbocycles. The third-order valence-electron chi connectivity index (χ3n) is 4.67. The van der Waals surface area contributed by atoms with Gasteiger partial charge in [-0.05, 0) is 29.3 Å². The van der Waals surface area contributed by atoms with E-state index >= 15 is 0 Å². The Morgan fingerprint density at radius 3 is 2.64 bits per heavy atom. The predicted molar refractivity (Wildman–Crippen MR) is 114 cm³/mol. The smallest absolute Gasteiger partial charge is 0.434 e. The van der Waals surface area contributed by atoms with E-state index in [1.807, 2.05) is 12.1 Å². The van der Waals surface area contributed by atoms with E-state index in [-0.39, 0.29) is 6.61 Å². The normalized spacial score (nSPS) is 11.9. The summed E-state index contributed by atoms with van der Waals surface area (Å²) in [5.41, 5.74) is 3.40. The van der Waals surface area contributed by atoms with Gasteiger partial charge < -0.3 is 9.47 Å². The molecule has 0 unspecified atom stereocenters. The highest BCUT2D eigenvalue weighted by atomic mass is 32.2. The second kappa shape index (κ2) is 7.00. The molecular weight excluding hydrogens is 388 g/mol. The maximum absolute atomic E-state index is 11.8. The van der Waals surface area contributed by atoms with Crippen molar-refractivity contribution < 1.29 is 14.3 Å². The molecule has 5 heteroatoms. The number of benzene rings is 3. The monoisotopic (exact) mass is 404 g/mol. The Morgan fingerprint density at radius 1 is 0.929 bits per heavy atom. The Hall–Kier alpha value is -2.76. The zero-order chi connectivity index (χ0) is 19.1. The van der Waals surface area contributed by atoms with Crippen LogP contribution in [0.1, 0.15) is 6.92 Å². The average Bonchev–Trinajstić information content (AvgIpc) is 3.06. The largest absolute Gasteiger partial charge is 0.514 e. The van der Waals surface area contributed by atoms with Gasteiger partial charge in [-0.15, -0.1) is 0 Å². The van der Waals surface area contributed by atoms with Crippen LogP contribution in [0.4, 0.5) is 4.79 Å². The molecule has 0 amide bonds. The molecule has 3 nitrogen and oxygen atoms in total. The summed E-state index contributed by atoms with van der Waals surface area (Å²) in [5.74, 6) is 0. The van der Waals surface area contributed by atoms with E-state index in [1.54, 1.807) is 18.7 Å². The van der Waals surface area contributed by atoms with E-state index in [0.29, 0.717) is 5.06 Å². The molecule has 2 heterocycles. The van der Waals surface area contributed by atoms with Crippen molar-refractivity contribution in [3.63, 3.8) is 0 Å². The van der Waals surface area contributed by atoms with Crippen molar-refractivity contribution in [1.29, 1.82) is 0 Å². The maximum atomic E-state index is 11.8. The van der Waals surface area contributed by atoms with Crippen molar-refractivity contribution in [1.82, 2.24) is 0 Å². The number of carbonyl (C=O) groups is 1. The zero-order valence-electron chi connectivity index (χ0n) is 15.1. The van der Waals surface area contributed by atoms with Gasteiger partial charge in [0, 0.05) is 31.9 Å². The summed E-state index contributed by atoms with van der Waals surface area (Å²) in [6.07, 6.45) is -0.666. The summed E-state index contributed by atoms with van der Waals surface area (Å²) in [6.45, 7) is 2.05. The molecule has 1 aromatic heterocycles. The first-order valence-electron chi connectivity index (χ1n) is 9.02. The minimum absolute atomic E-state index is 0.290. The fourth-order valence-corrected chi connectivity index (χ4v) is 5.81. The first-order valence-corrected chi connectivity index (χ1v) is 10.7. The lowest BCUT2D eigenvalue weighted by Gasteiger charge is -2.10. The minimum Gasteiger partial charge on any atom is -0.434 e. The Labute approximate surface area is 170 Å². The van der Waals surface area contributed by atoms with Gasteiger partial charge in [0.2, 0.25) is 0 Å². The quantitative estimate of drug-likeness (QED) is 0.291. The lowest BCUT2D eigenvalue weighted by molar-refractivity contribution is 0.105. The predicted octanol–water partition coefficient (Wildman–Crippen LogP) is 7.24. The van der Waals surface area contributed by atoms with Crippen LogP contribution in [-0.2, 0) is 4.74 Å². The molecule has 1 aliphatic rings. The van der Waals surface area contributed by atoms with Crippen LogP contribution in [0.3, 0.4) is 0 Å². The van der Waals surface area contributed by atoms with E-state index in [9.17, 15) is 4.79 Å². The Kier molecular flexibility index (Phi) is 4.34. The summed E-state index contributed by atoms with van der Waals surface area (Å²) >= 11 is 3.28. The molecule has 28 heavy (non-hydrogen) atoms. The summed E-state index contributed by atoms with van der Waals surface area (Å²) in [4.78, 5) is 15.4. The molecule has 0 N–H and O–H groups in total. The number of hydrogen-bond acceptors (Lipinski definition) is 5. The number of carbonyl (C=O) groups excluding carboxylic acids is 1.